The highest BCUT2D eigenvalue weighted by molar-refractivity contribution is 7.13. The molecule has 0 bridgehead atoms. The lowest BCUT2D eigenvalue weighted by Gasteiger charge is -2.34. The fourth-order valence-electron chi connectivity index (χ4n) is 4.04. The summed E-state index contributed by atoms with van der Waals surface area (Å²) in [6, 6.07) is 13.6. The lowest BCUT2D eigenvalue weighted by atomic mass is 10.1. The molecule has 1 aromatic heterocycles. The molecular weight excluding hydrogens is 450 g/mol. The van der Waals surface area contributed by atoms with Crippen molar-refractivity contribution in [1.82, 2.24) is 14.8 Å². The minimum atomic E-state index is 0.160. The number of ether oxygens (including phenoxy) is 3. The molecule has 0 unspecified atom stereocenters. The summed E-state index contributed by atoms with van der Waals surface area (Å²) in [6.07, 6.45) is 0.401. The van der Waals surface area contributed by atoms with Crippen molar-refractivity contribution in [3.05, 3.63) is 59.1 Å². The van der Waals surface area contributed by atoms with Crippen LogP contribution in [0.15, 0.2) is 47.8 Å². The second kappa shape index (κ2) is 11.4. The normalized spacial score (nSPS) is 14.1. The Morgan fingerprint density at radius 3 is 2.59 bits per heavy atom. The Bertz CT molecular complexity index is 1110. The number of thiazole rings is 1. The number of rotatable bonds is 9. The van der Waals surface area contributed by atoms with Crippen LogP contribution in [-0.4, -0.2) is 67.7 Å². The van der Waals surface area contributed by atoms with Crippen molar-refractivity contribution in [3.63, 3.8) is 0 Å². The van der Waals surface area contributed by atoms with Gasteiger partial charge in [-0.15, -0.1) is 11.3 Å². The number of aromatic nitrogens is 1. The summed E-state index contributed by atoms with van der Waals surface area (Å²) in [5, 5.41) is 3.07. The van der Waals surface area contributed by atoms with Crippen LogP contribution in [-0.2, 0) is 17.8 Å². The number of hydrogen-bond acceptors (Lipinski definition) is 7. The summed E-state index contributed by atoms with van der Waals surface area (Å²) in [5.74, 6) is 2.39. The minimum absolute atomic E-state index is 0.160. The third kappa shape index (κ3) is 5.87. The monoisotopic (exact) mass is 481 g/mol. The van der Waals surface area contributed by atoms with Crippen molar-refractivity contribution in [2.75, 3.05) is 47.0 Å². The van der Waals surface area contributed by atoms with E-state index in [1.54, 1.807) is 25.6 Å². The Morgan fingerprint density at radius 2 is 1.85 bits per heavy atom. The number of methoxy groups -OCH3 is 2. The molecule has 1 aliphatic heterocycles. The van der Waals surface area contributed by atoms with Crippen LogP contribution in [0.4, 0.5) is 0 Å². The fourth-order valence-corrected chi connectivity index (χ4v) is 4.85. The van der Waals surface area contributed by atoms with Crippen molar-refractivity contribution >= 4 is 17.2 Å². The molecule has 0 N–H and O–H groups in total. The molecule has 34 heavy (non-hydrogen) atoms. The number of carbonyl (C=O) groups is 1. The molecular formula is C26H31N3O4S. The van der Waals surface area contributed by atoms with E-state index in [-0.39, 0.29) is 5.91 Å². The van der Waals surface area contributed by atoms with E-state index in [2.05, 4.69) is 10.3 Å². The van der Waals surface area contributed by atoms with E-state index in [0.29, 0.717) is 18.8 Å². The molecule has 1 fully saturated rings. The molecule has 0 saturated carbocycles. The smallest absolute Gasteiger partial charge is 0.227 e. The largest absolute Gasteiger partial charge is 0.497 e. The second-order valence-electron chi connectivity index (χ2n) is 8.13. The first-order valence-electron chi connectivity index (χ1n) is 11.5. The maximum absolute atomic E-state index is 12.7. The summed E-state index contributed by atoms with van der Waals surface area (Å²) in [5.41, 5.74) is 3.04. The zero-order valence-corrected chi connectivity index (χ0v) is 20.8. The predicted molar refractivity (Wildman–Crippen MR) is 134 cm³/mol. The number of hydrogen-bond donors (Lipinski definition) is 0. The van der Waals surface area contributed by atoms with Crippen LogP contribution in [0, 0.1) is 0 Å². The summed E-state index contributed by atoms with van der Waals surface area (Å²) >= 11 is 1.63. The number of nitrogens with zero attached hydrogens (tertiary/aromatic N) is 3. The van der Waals surface area contributed by atoms with Crippen LogP contribution < -0.4 is 14.2 Å². The summed E-state index contributed by atoms with van der Waals surface area (Å²) < 4.78 is 16.3. The zero-order valence-electron chi connectivity index (χ0n) is 20.0. The SMILES string of the molecule is CCOc1ccc(-c2nc(CN3CCN(C(=O)Cc4cccc(OC)c4)CC3)cs2)cc1OC. The molecule has 3 aromatic rings. The average molecular weight is 482 g/mol. The van der Waals surface area contributed by atoms with Crippen LogP contribution in [0.25, 0.3) is 10.6 Å². The highest BCUT2D eigenvalue weighted by Crippen LogP contribution is 2.34. The van der Waals surface area contributed by atoms with Gasteiger partial charge in [-0.2, -0.15) is 0 Å². The van der Waals surface area contributed by atoms with Crippen molar-refractivity contribution in [1.29, 1.82) is 0 Å². The first-order chi connectivity index (χ1) is 16.6. The lowest BCUT2D eigenvalue weighted by molar-refractivity contribution is -0.132. The van der Waals surface area contributed by atoms with Crippen molar-refractivity contribution in [2.45, 2.75) is 19.9 Å². The van der Waals surface area contributed by atoms with E-state index in [1.165, 1.54) is 0 Å². The summed E-state index contributed by atoms with van der Waals surface area (Å²) in [7, 11) is 3.29. The Labute approximate surface area is 204 Å². The number of amides is 1. The maximum atomic E-state index is 12.7. The first kappa shape index (κ1) is 24.0. The van der Waals surface area contributed by atoms with Gasteiger partial charge in [0.1, 0.15) is 10.8 Å². The molecule has 8 heteroatoms. The molecule has 0 radical (unpaired) electrons. The maximum Gasteiger partial charge on any atom is 0.227 e. The van der Waals surface area contributed by atoms with Gasteiger partial charge in [-0.3, -0.25) is 9.69 Å². The zero-order chi connectivity index (χ0) is 23.9. The molecule has 1 amide bonds. The molecule has 0 spiro atoms. The minimum Gasteiger partial charge on any atom is -0.497 e. The van der Waals surface area contributed by atoms with Crippen LogP contribution in [0.5, 0.6) is 17.2 Å². The molecule has 1 aliphatic rings. The van der Waals surface area contributed by atoms with E-state index in [0.717, 1.165) is 66.1 Å². The van der Waals surface area contributed by atoms with Crippen LogP contribution in [0.3, 0.4) is 0 Å². The predicted octanol–water partition coefficient (Wildman–Crippen LogP) is 4.11. The van der Waals surface area contributed by atoms with Crippen molar-refractivity contribution in [3.8, 4) is 27.8 Å². The molecule has 7 nitrogen and oxygen atoms in total. The van der Waals surface area contributed by atoms with E-state index < -0.39 is 0 Å². The highest BCUT2D eigenvalue weighted by Gasteiger charge is 2.22. The van der Waals surface area contributed by atoms with Gasteiger partial charge in [0.2, 0.25) is 5.91 Å². The molecule has 0 atom stereocenters. The van der Waals surface area contributed by atoms with Gasteiger partial charge in [0.05, 0.1) is 32.9 Å². The van der Waals surface area contributed by atoms with E-state index in [9.17, 15) is 4.79 Å². The Balaban J connectivity index is 1.30. The second-order valence-corrected chi connectivity index (χ2v) is 8.99. The molecule has 2 heterocycles. The van der Waals surface area contributed by atoms with Gasteiger partial charge < -0.3 is 19.1 Å². The third-order valence-electron chi connectivity index (χ3n) is 5.86. The quantitative estimate of drug-likeness (QED) is 0.458. The van der Waals surface area contributed by atoms with Crippen molar-refractivity contribution < 1.29 is 19.0 Å². The van der Waals surface area contributed by atoms with Gasteiger partial charge in [0, 0.05) is 43.7 Å². The van der Waals surface area contributed by atoms with Gasteiger partial charge in [-0.05, 0) is 42.8 Å². The Morgan fingerprint density at radius 1 is 1.03 bits per heavy atom. The summed E-state index contributed by atoms with van der Waals surface area (Å²) in [6.45, 7) is 6.48. The Kier molecular flexibility index (Phi) is 8.03. The standard InChI is InChI=1S/C26H31N3O4S/c1-4-33-23-9-8-20(16-24(23)32-3)26-27-21(18-34-26)17-28-10-12-29(13-11-28)25(30)15-19-6-5-7-22(14-19)31-2/h5-9,14,16,18H,4,10-13,15,17H2,1-3H3. The van der Waals surface area contributed by atoms with Gasteiger partial charge in [0.15, 0.2) is 11.5 Å². The molecule has 1 saturated heterocycles. The highest BCUT2D eigenvalue weighted by atomic mass is 32.1. The summed E-state index contributed by atoms with van der Waals surface area (Å²) in [4.78, 5) is 21.9. The van der Waals surface area contributed by atoms with E-state index in [4.69, 9.17) is 19.2 Å². The first-order valence-corrected chi connectivity index (χ1v) is 12.4. The number of carbonyl (C=O) groups excluding carboxylic acids is 1. The van der Waals surface area contributed by atoms with Crippen LogP contribution in [0.1, 0.15) is 18.2 Å². The van der Waals surface area contributed by atoms with E-state index >= 15 is 0 Å². The third-order valence-corrected chi connectivity index (χ3v) is 6.80. The lowest BCUT2D eigenvalue weighted by Crippen LogP contribution is -2.48. The Hall–Kier alpha value is -3.10. The van der Waals surface area contributed by atoms with Crippen LogP contribution in [0.2, 0.25) is 0 Å². The van der Waals surface area contributed by atoms with Gasteiger partial charge in [0.25, 0.3) is 0 Å². The van der Waals surface area contributed by atoms with Gasteiger partial charge >= 0.3 is 0 Å². The topological polar surface area (TPSA) is 64.1 Å². The average Bonchev–Trinajstić information content (AvgIpc) is 3.33. The van der Waals surface area contributed by atoms with E-state index in [1.807, 2.05) is 54.3 Å². The molecule has 2 aromatic carbocycles. The number of piperazine rings is 1. The fraction of sp³-hybridized carbons (Fsp3) is 0.385. The number of benzene rings is 2. The molecule has 4 rings (SSSR count). The van der Waals surface area contributed by atoms with Gasteiger partial charge in [-0.25, -0.2) is 4.98 Å². The van der Waals surface area contributed by atoms with Crippen molar-refractivity contribution in [2.24, 2.45) is 0 Å². The molecule has 180 valence electrons. The van der Waals surface area contributed by atoms with Gasteiger partial charge in [-0.1, -0.05) is 12.1 Å². The molecule has 0 aliphatic carbocycles. The van der Waals surface area contributed by atoms with Crippen LogP contribution >= 0.6 is 11.3 Å².